The molecule has 5 heteroatoms. The molecule has 0 aromatic heterocycles. The molecule has 1 unspecified atom stereocenters. The van der Waals surface area contributed by atoms with Gasteiger partial charge in [-0.25, -0.2) is 0 Å². The van der Waals surface area contributed by atoms with Gasteiger partial charge in [0.25, 0.3) is 0 Å². The smallest absolute Gasteiger partial charge is 0.335 e. The molecule has 0 spiro atoms. The molecule has 0 saturated carbocycles. The fraction of sp³-hybridized carbons (Fsp3) is 0.200. The molecule has 0 saturated heterocycles. The van der Waals surface area contributed by atoms with Crippen molar-refractivity contribution in [3.8, 4) is 0 Å². The molecule has 2 nitrogen and oxygen atoms in total. The molecule has 106 valence electrons. The minimum atomic E-state index is -1.76. The molecule has 0 amide bonds. The number of hydrogen-bond donors (Lipinski definition) is 0. The van der Waals surface area contributed by atoms with E-state index in [9.17, 15) is 0 Å². The second kappa shape index (κ2) is 7.14. The van der Waals surface area contributed by atoms with Crippen molar-refractivity contribution in [1.29, 1.82) is 0 Å². The quantitative estimate of drug-likeness (QED) is 0.750. The number of benzene rings is 2. The lowest BCUT2D eigenvalue weighted by Crippen LogP contribution is -2.46. The molecular formula is C15H22O2Si3. The van der Waals surface area contributed by atoms with Gasteiger partial charge in [-0.1, -0.05) is 60.7 Å². The van der Waals surface area contributed by atoms with E-state index in [1.54, 1.807) is 0 Å². The first-order valence-electron chi connectivity index (χ1n) is 6.93. The Hall–Kier alpha value is -0.989. The van der Waals surface area contributed by atoms with Gasteiger partial charge in [0.1, 0.15) is 0 Å². The van der Waals surface area contributed by atoms with Gasteiger partial charge in [0.15, 0.2) is 18.1 Å². The van der Waals surface area contributed by atoms with Crippen molar-refractivity contribution in [2.45, 2.75) is 19.6 Å². The van der Waals surface area contributed by atoms with Gasteiger partial charge < -0.3 is 8.23 Å². The summed E-state index contributed by atoms with van der Waals surface area (Å²) in [6.45, 7) is 6.68. The Labute approximate surface area is 126 Å². The lowest BCUT2D eigenvalue weighted by molar-refractivity contribution is 0.456. The zero-order chi connectivity index (χ0) is 14.4. The highest BCUT2D eigenvalue weighted by Gasteiger charge is 2.24. The van der Waals surface area contributed by atoms with Crippen LogP contribution < -0.4 is 10.4 Å². The molecule has 0 aliphatic heterocycles. The van der Waals surface area contributed by atoms with Crippen LogP contribution in [0.3, 0.4) is 0 Å². The lowest BCUT2D eigenvalue weighted by Gasteiger charge is -2.26. The van der Waals surface area contributed by atoms with E-state index in [0.717, 1.165) is 0 Å². The van der Waals surface area contributed by atoms with Gasteiger partial charge in [-0.05, 0) is 30.0 Å². The van der Waals surface area contributed by atoms with Crippen LogP contribution in [0.1, 0.15) is 0 Å². The predicted octanol–water partition coefficient (Wildman–Crippen LogP) is 1.39. The van der Waals surface area contributed by atoms with E-state index in [1.165, 1.54) is 10.4 Å². The van der Waals surface area contributed by atoms with Crippen molar-refractivity contribution in [3.05, 3.63) is 60.7 Å². The van der Waals surface area contributed by atoms with Crippen LogP contribution in [0.4, 0.5) is 0 Å². The van der Waals surface area contributed by atoms with Gasteiger partial charge in [0.2, 0.25) is 0 Å². The van der Waals surface area contributed by atoms with Crippen LogP contribution in [0.25, 0.3) is 0 Å². The summed E-state index contributed by atoms with van der Waals surface area (Å²) in [7, 11) is -4.06. The zero-order valence-corrected chi connectivity index (χ0v) is 15.9. The Morgan fingerprint density at radius 1 is 0.850 bits per heavy atom. The summed E-state index contributed by atoms with van der Waals surface area (Å²) in [4.78, 5) is 0. The topological polar surface area (TPSA) is 18.5 Å². The standard InChI is InChI=1S/C15H22O2Si3/c1-20(2,3)17-19(15-12-8-5-9-13-15)16-18-14-10-6-4-7-11-14/h4-13,19H,18H2,1-3H3. The third kappa shape index (κ3) is 5.18. The van der Waals surface area contributed by atoms with E-state index in [-0.39, 0.29) is 0 Å². The van der Waals surface area contributed by atoms with Crippen molar-refractivity contribution in [2.24, 2.45) is 0 Å². The summed E-state index contributed by atoms with van der Waals surface area (Å²) >= 11 is 0. The van der Waals surface area contributed by atoms with Gasteiger partial charge in [-0.3, -0.25) is 0 Å². The fourth-order valence-corrected chi connectivity index (χ4v) is 9.02. The normalized spacial score (nSPS) is 13.8. The molecule has 0 N–H and O–H groups in total. The second-order valence-corrected chi connectivity index (χ2v) is 14.7. The van der Waals surface area contributed by atoms with Crippen molar-refractivity contribution < 1.29 is 8.23 Å². The van der Waals surface area contributed by atoms with Gasteiger partial charge in [-0.15, -0.1) is 0 Å². The molecule has 2 rings (SSSR count). The minimum absolute atomic E-state index is 0.713. The Morgan fingerprint density at radius 3 is 1.95 bits per heavy atom. The summed E-state index contributed by atoms with van der Waals surface area (Å²) in [6, 6.07) is 20.9. The average Bonchev–Trinajstić information content (AvgIpc) is 2.44. The zero-order valence-electron chi connectivity index (χ0n) is 12.4. The molecule has 0 aliphatic carbocycles. The van der Waals surface area contributed by atoms with Crippen LogP contribution in [-0.2, 0) is 8.23 Å². The third-order valence-corrected chi connectivity index (χ3v) is 10.1. The maximum absolute atomic E-state index is 6.34. The van der Waals surface area contributed by atoms with Crippen LogP contribution in [0, 0.1) is 0 Å². The highest BCUT2D eigenvalue weighted by atomic mass is 28.4. The monoisotopic (exact) mass is 318 g/mol. The van der Waals surface area contributed by atoms with E-state index in [0.29, 0.717) is 0 Å². The summed E-state index contributed by atoms with van der Waals surface area (Å²) in [5, 5.41) is 2.58. The number of hydrogen-bond acceptors (Lipinski definition) is 2. The summed E-state index contributed by atoms with van der Waals surface area (Å²) in [5.41, 5.74) is 0. The van der Waals surface area contributed by atoms with Crippen LogP contribution >= 0.6 is 0 Å². The molecule has 2 aromatic carbocycles. The SMILES string of the molecule is C[Si](C)(C)O[SiH](O[SiH2]c1ccccc1)c1ccccc1. The van der Waals surface area contributed by atoms with E-state index >= 15 is 0 Å². The Balaban J connectivity index is 2.07. The van der Waals surface area contributed by atoms with Crippen molar-refractivity contribution in [1.82, 2.24) is 0 Å². The van der Waals surface area contributed by atoms with Crippen LogP contribution in [-0.4, -0.2) is 27.4 Å². The molecule has 0 radical (unpaired) electrons. The highest BCUT2D eigenvalue weighted by Crippen LogP contribution is 2.06. The third-order valence-electron chi connectivity index (χ3n) is 2.78. The Bertz CT molecular complexity index is 512. The minimum Gasteiger partial charge on any atom is -0.436 e. The average molecular weight is 319 g/mol. The maximum Gasteiger partial charge on any atom is 0.335 e. The molecule has 2 aromatic rings. The van der Waals surface area contributed by atoms with Gasteiger partial charge in [0.05, 0.1) is 0 Å². The molecular weight excluding hydrogens is 296 g/mol. The Morgan fingerprint density at radius 2 is 1.40 bits per heavy atom. The fourth-order valence-electron chi connectivity index (χ4n) is 1.88. The van der Waals surface area contributed by atoms with Gasteiger partial charge in [-0.2, -0.15) is 0 Å². The van der Waals surface area contributed by atoms with E-state index in [4.69, 9.17) is 8.23 Å². The molecule has 0 bridgehead atoms. The molecule has 20 heavy (non-hydrogen) atoms. The van der Waals surface area contributed by atoms with E-state index < -0.39 is 27.4 Å². The summed E-state index contributed by atoms with van der Waals surface area (Å²) in [5.74, 6) is 0. The van der Waals surface area contributed by atoms with Crippen molar-refractivity contribution in [2.75, 3.05) is 0 Å². The molecule has 1 atom stereocenters. The van der Waals surface area contributed by atoms with Crippen molar-refractivity contribution in [3.63, 3.8) is 0 Å². The number of rotatable bonds is 6. The first-order chi connectivity index (χ1) is 9.54. The summed E-state index contributed by atoms with van der Waals surface area (Å²) < 4.78 is 12.6. The maximum atomic E-state index is 6.34. The Kier molecular flexibility index (Phi) is 5.50. The summed E-state index contributed by atoms with van der Waals surface area (Å²) in [6.07, 6.45) is 0. The van der Waals surface area contributed by atoms with E-state index in [2.05, 4.69) is 68.2 Å². The van der Waals surface area contributed by atoms with E-state index in [1.807, 2.05) is 12.1 Å². The van der Waals surface area contributed by atoms with Crippen LogP contribution in [0.2, 0.25) is 19.6 Å². The molecule has 0 heterocycles. The lowest BCUT2D eigenvalue weighted by atomic mass is 10.4. The van der Waals surface area contributed by atoms with Crippen molar-refractivity contribution >= 4 is 37.7 Å². The molecule has 0 aliphatic rings. The molecule has 0 fully saturated rings. The van der Waals surface area contributed by atoms with Crippen LogP contribution in [0.15, 0.2) is 60.7 Å². The van der Waals surface area contributed by atoms with Gasteiger partial charge >= 0.3 is 9.28 Å². The van der Waals surface area contributed by atoms with Crippen LogP contribution in [0.5, 0.6) is 0 Å². The van der Waals surface area contributed by atoms with Gasteiger partial charge in [0, 0.05) is 0 Å². The largest absolute Gasteiger partial charge is 0.436 e. The first kappa shape index (κ1) is 15.4. The predicted molar refractivity (Wildman–Crippen MR) is 93.4 cm³/mol. The highest BCUT2D eigenvalue weighted by molar-refractivity contribution is 6.81. The first-order valence-corrected chi connectivity index (χ1v) is 13.1. The second-order valence-electron chi connectivity index (χ2n) is 5.77.